The van der Waals surface area contributed by atoms with Gasteiger partial charge in [-0.3, -0.25) is 4.79 Å². The lowest BCUT2D eigenvalue weighted by Gasteiger charge is -2.39. The Morgan fingerprint density at radius 1 is 1.41 bits per heavy atom. The summed E-state index contributed by atoms with van der Waals surface area (Å²) in [5.74, 6) is -0.773. The lowest BCUT2D eigenvalue weighted by molar-refractivity contribution is -0.151. The van der Waals surface area contributed by atoms with Gasteiger partial charge in [0.2, 0.25) is 0 Å². The SMILES string of the molecule is CC(C)(NCCc1ccsc1)C(C)(C)C(=O)O. The maximum absolute atomic E-state index is 11.2. The van der Waals surface area contributed by atoms with Gasteiger partial charge in [0.1, 0.15) is 0 Å². The van der Waals surface area contributed by atoms with Gasteiger partial charge in [0, 0.05) is 5.54 Å². The Kier molecular flexibility index (Phi) is 4.33. The highest BCUT2D eigenvalue weighted by atomic mass is 32.1. The molecule has 0 aliphatic rings. The van der Waals surface area contributed by atoms with Crippen molar-refractivity contribution in [2.45, 2.75) is 39.7 Å². The predicted octanol–water partition coefficient (Wildman–Crippen LogP) is 2.77. The Morgan fingerprint density at radius 3 is 2.53 bits per heavy atom. The highest BCUT2D eigenvalue weighted by Crippen LogP contribution is 2.30. The number of nitrogens with one attached hydrogen (secondary N) is 1. The van der Waals surface area contributed by atoms with Gasteiger partial charge < -0.3 is 10.4 Å². The molecule has 0 aliphatic carbocycles. The van der Waals surface area contributed by atoms with Crippen molar-refractivity contribution in [2.75, 3.05) is 6.54 Å². The molecule has 0 spiro atoms. The fourth-order valence-electron chi connectivity index (χ4n) is 1.44. The smallest absolute Gasteiger partial charge is 0.310 e. The standard InChI is InChI=1S/C13H21NO2S/c1-12(2,11(15)16)13(3,4)14-7-5-10-6-8-17-9-10/h6,8-9,14H,5,7H2,1-4H3,(H,15,16). The lowest BCUT2D eigenvalue weighted by atomic mass is 9.74. The van der Waals surface area contributed by atoms with Crippen LogP contribution in [0.25, 0.3) is 0 Å². The third kappa shape index (κ3) is 3.30. The largest absolute Gasteiger partial charge is 0.481 e. The van der Waals surface area contributed by atoms with Gasteiger partial charge in [-0.05, 0) is 63.1 Å². The molecular formula is C13H21NO2S. The summed E-state index contributed by atoms with van der Waals surface area (Å²) in [4.78, 5) is 11.2. The summed E-state index contributed by atoms with van der Waals surface area (Å²) in [5, 5.41) is 16.7. The molecule has 1 heterocycles. The zero-order valence-corrected chi connectivity index (χ0v) is 11.7. The molecule has 1 aromatic rings. The first-order chi connectivity index (χ1) is 7.77. The molecule has 0 radical (unpaired) electrons. The summed E-state index contributed by atoms with van der Waals surface area (Å²) < 4.78 is 0. The summed E-state index contributed by atoms with van der Waals surface area (Å²) in [6.45, 7) is 8.18. The molecule has 0 saturated carbocycles. The van der Waals surface area contributed by atoms with Crippen LogP contribution in [0, 0.1) is 5.41 Å². The molecule has 0 saturated heterocycles. The van der Waals surface area contributed by atoms with Crippen LogP contribution in [-0.2, 0) is 11.2 Å². The maximum atomic E-state index is 11.2. The van der Waals surface area contributed by atoms with Crippen LogP contribution in [0.3, 0.4) is 0 Å². The van der Waals surface area contributed by atoms with Crippen LogP contribution in [0.4, 0.5) is 0 Å². The highest BCUT2D eigenvalue weighted by Gasteiger charge is 2.42. The summed E-state index contributed by atoms with van der Waals surface area (Å²) in [7, 11) is 0. The summed E-state index contributed by atoms with van der Waals surface area (Å²) in [6.07, 6.45) is 0.933. The van der Waals surface area contributed by atoms with Crippen molar-refractivity contribution in [1.82, 2.24) is 5.32 Å². The highest BCUT2D eigenvalue weighted by molar-refractivity contribution is 7.07. The van der Waals surface area contributed by atoms with Crippen molar-refractivity contribution in [3.05, 3.63) is 22.4 Å². The van der Waals surface area contributed by atoms with Crippen molar-refractivity contribution >= 4 is 17.3 Å². The molecule has 3 nitrogen and oxygen atoms in total. The van der Waals surface area contributed by atoms with E-state index in [4.69, 9.17) is 0 Å². The molecule has 17 heavy (non-hydrogen) atoms. The molecule has 0 amide bonds. The fourth-order valence-corrected chi connectivity index (χ4v) is 2.15. The number of rotatable bonds is 6. The van der Waals surface area contributed by atoms with Crippen LogP contribution < -0.4 is 5.32 Å². The van der Waals surface area contributed by atoms with Gasteiger partial charge in [-0.1, -0.05) is 0 Å². The van der Waals surface area contributed by atoms with Crippen LogP contribution in [0.2, 0.25) is 0 Å². The second-order valence-corrected chi connectivity index (χ2v) is 6.14. The lowest BCUT2D eigenvalue weighted by Crippen LogP contribution is -2.55. The van der Waals surface area contributed by atoms with E-state index in [0.29, 0.717) is 0 Å². The molecule has 0 fully saturated rings. The molecule has 0 aromatic carbocycles. The van der Waals surface area contributed by atoms with E-state index in [1.807, 2.05) is 13.8 Å². The number of hydrogen-bond donors (Lipinski definition) is 2. The molecule has 0 bridgehead atoms. The normalized spacial score (nSPS) is 12.7. The van der Waals surface area contributed by atoms with E-state index in [2.05, 4.69) is 22.1 Å². The number of carbonyl (C=O) groups is 1. The molecular weight excluding hydrogens is 234 g/mol. The van der Waals surface area contributed by atoms with Crippen LogP contribution in [0.15, 0.2) is 16.8 Å². The third-order valence-electron chi connectivity index (χ3n) is 3.66. The number of thiophene rings is 1. The van der Waals surface area contributed by atoms with Gasteiger partial charge in [-0.2, -0.15) is 11.3 Å². The zero-order chi connectivity index (χ0) is 13.1. The second-order valence-electron chi connectivity index (χ2n) is 5.36. The average Bonchev–Trinajstić information content (AvgIpc) is 2.69. The molecule has 96 valence electrons. The quantitative estimate of drug-likeness (QED) is 0.821. The molecule has 1 aromatic heterocycles. The van der Waals surface area contributed by atoms with Gasteiger partial charge in [-0.25, -0.2) is 0 Å². The van der Waals surface area contributed by atoms with Crippen molar-refractivity contribution in [2.24, 2.45) is 5.41 Å². The Bertz CT molecular complexity index is 369. The number of carboxylic acid groups (broad SMARTS) is 1. The number of carboxylic acids is 1. The van der Waals surface area contributed by atoms with Crippen molar-refractivity contribution < 1.29 is 9.90 Å². The van der Waals surface area contributed by atoms with E-state index >= 15 is 0 Å². The average molecular weight is 255 g/mol. The Morgan fingerprint density at radius 2 is 2.06 bits per heavy atom. The molecule has 0 atom stereocenters. The van der Waals surface area contributed by atoms with Gasteiger partial charge in [-0.15, -0.1) is 0 Å². The van der Waals surface area contributed by atoms with E-state index in [1.165, 1.54) is 5.56 Å². The summed E-state index contributed by atoms with van der Waals surface area (Å²) in [6, 6.07) is 2.10. The summed E-state index contributed by atoms with van der Waals surface area (Å²) in [5.41, 5.74) is 0.0719. The minimum absolute atomic E-state index is 0.436. The first-order valence-corrected chi connectivity index (χ1v) is 6.71. The topological polar surface area (TPSA) is 49.3 Å². The molecule has 4 heteroatoms. The van der Waals surface area contributed by atoms with Crippen LogP contribution in [0.1, 0.15) is 33.3 Å². The Hall–Kier alpha value is -0.870. The van der Waals surface area contributed by atoms with Gasteiger partial charge in [0.25, 0.3) is 0 Å². The van der Waals surface area contributed by atoms with Crippen molar-refractivity contribution in [1.29, 1.82) is 0 Å². The molecule has 0 aliphatic heterocycles. The second kappa shape index (κ2) is 5.19. The van der Waals surface area contributed by atoms with Gasteiger partial charge in [0.05, 0.1) is 5.41 Å². The summed E-state index contributed by atoms with van der Waals surface area (Å²) >= 11 is 1.69. The van der Waals surface area contributed by atoms with E-state index in [0.717, 1.165) is 13.0 Å². The number of hydrogen-bond acceptors (Lipinski definition) is 3. The first kappa shape index (κ1) is 14.2. The van der Waals surface area contributed by atoms with Gasteiger partial charge in [0.15, 0.2) is 0 Å². The minimum atomic E-state index is -0.790. The van der Waals surface area contributed by atoms with E-state index in [1.54, 1.807) is 25.2 Å². The van der Waals surface area contributed by atoms with E-state index < -0.39 is 16.9 Å². The van der Waals surface area contributed by atoms with E-state index in [-0.39, 0.29) is 0 Å². The van der Waals surface area contributed by atoms with Crippen LogP contribution in [-0.4, -0.2) is 23.2 Å². The number of aliphatic carboxylic acids is 1. The predicted molar refractivity (Wildman–Crippen MR) is 71.5 cm³/mol. The zero-order valence-electron chi connectivity index (χ0n) is 10.9. The Labute approximate surface area is 107 Å². The fraction of sp³-hybridized carbons (Fsp3) is 0.615. The van der Waals surface area contributed by atoms with Crippen LogP contribution >= 0.6 is 11.3 Å². The maximum Gasteiger partial charge on any atom is 0.310 e. The minimum Gasteiger partial charge on any atom is -0.481 e. The Balaban J connectivity index is 2.52. The van der Waals surface area contributed by atoms with Crippen molar-refractivity contribution in [3.63, 3.8) is 0 Å². The van der Waals surface area contributed by atoms with Crippen molar-refractivity contribution in [3.8, 4) is 0 Å². The van der Waals surface area contributed by atoms with Crippen LogP contribution in [0.5, 0.6) is 0 Å². The molecule has 2 N–H and O–H groups in total. The first-order valence-electron chi connectivity index (χ1n) is 5.77. The van der Waals surface area contributed by atoms with E-state index in [9.17, 15) is 9.90 Å². The van der Waals surface area contributed by atoms with Gasteiger partial charge >= 0.3 is 5.97 Å². The monoisotopic (exact) mass is 255 g/mol. The molecule has 1 rings (SSSR count). The third-order valence-corrected chi connectivity index (χ3v) is 4.39. The molecule has 0 unspecified atom stereocenters.